The van der Waals surface area contributed by atoms with Crippen molar-refractivity contribution in [1.29, 1.82) is 0 Å². The van der Waals surface area contributed by atoms with Crippen LogP contribution < -0.4 is 5.32 Å². The third-order valence-electron chi connectivity index (χ3n) is 3.90. The molecule has 3 aromatic rings. The van der Waals surface area contributed by atoms with Crippen molar-refractivity contribution in [3.63, 3.8) is 0 Å². The number of rotatable bonds is 5. The maximum atomic E-state index is 13.9. The number of anilines is 1. The summed E-state index contributed by atoms with van der Waals surface area (Å²) in [6, 6.07) is 13.4. The van der Waals surface area contributed by atoms with E-state index in [-0.39, 0.29) is 13.1 Å². The van der Waals surface area contributed by atoms with E-state index < -0.39 is 23.4 Å². The van der Waals surface area contributed by atoms with Crippen LogP contribution in [-0.2, 0) is 13.1 Å². The lowest BCUT2D eigenvalue weighted by atomic mass is 10.2. The molecule has 0 spiro atoms. The molecule has 0 fully saturated rings. The Hall–Kier alpha value is -2.99. The van der Waals surface area contributed by atoms with Crippen molar-refractivity contribution in [2.75, 3.05) is 5.32 Å². The molecule has 1 N–H and O–H groups in total. The van der Waals surface area contributed by atoms with Crippen LogP contribution in [0, 0.1) is 11.6 Å². The van der Waals surface area contributed by atoms with Crippen molar-refractivity contribution < 1.29 is 13.6 Å². The Labute approximate surface area is 160 Å². The highest BCUT2D eigenvalue weighted by Crippen LogP contribution is 2.22. The predicted molar refractivity (Wildman–Crippen MR) is 100 cm³/mol. The zero-order chi connectivity index (χ0) is 19.2. The van der Waals surface area contributed by atoms with Crippen molar-refractivity contribution in [2.24, 2.45) is 0 Å². The van der Waals surface area contributed by atoms with Crippen LogP contribution in [0.4, 0.5) is 19.3 Å². The first-order valence-corrected chi connectivity index (χ1v) is 8.54. The second-order valence-corrected chi connectivity index (χ2v) is 6.24. The minimum Gasteiger partial charge on any atom is -0.316 e. The first-order chi connectivity index (χ1) is 13.0. The molecule has 0 aliphatic rings. The molecule has 0 aliphatic heterocycles. The van der Waals surface area contributed by atoms with Crippen LogP contribution in [0.2, 0.25) is 5.02 Å². The maximum absolute atomic E-state index is 13.9. The molecule has 1 aromatic heterocycles. The van der Waals surface area contributed by atoms with Gasteiger partial charge in [-0.3, -0.25) is 4.98 Å². The Kier molecular flexibility index (Phi) is 5.98. The number of pyridine rings is 1. The number of benzene rings is 2. The van der Waals surface area contributed by atoms with Crippen molar-refractivity contribution in [2.45, 2.75) is 13.1 Å². The molecule has 3 rings (SSSR count). The number of amides is 2. The fraction of sp³-hybridized carbons (Fsp3) is 0.100. The van der Waals surface area contributed by atoms with E-state index in [0.29, 0.717) is 10.6 Å². The minimum absolute atomic E-state index is 0.163. The Morgan fingerprint density at radius 1 is 1.00 bits per heavy atom. The second-order valence-electron chi connectivity index (χ2n) is 5.84. The summed E-state index contributed by atoms with van der Waals surface area (Å²) < 4.78 is 27.8. The molecule has 1 heterocycles. The van der Waals surface area contributed by atoms with E-state index >= 15 is 0 Å². The summed E-state index contributed by atoms with van der Waals surface area (Å²) >= 11 is 6.20. The Bertz CT molecular complexity index is 917. The minimum atomic E-state index is -0.845. The van der Waals surface area contributed by atoms with E-state index in [0.717, 1.165) is 17.7 Å². The molecule has 27 heavy (non-hydrogen) atoms. The predicted octanol–water partition coefficient (Wildman–Crippen LogP) is 5.25. The summed E-state index contributed by atoms with van der Waals surface area (Å²) in [6.45, 7) is 0.359. The number of halogens is 3. The molecule has 2 aromatic carbocycles. The van der Waals surface area contributed by atoms with Gasteiger partial charge < -0.3 is 10.2 Å². The third kappa shape index (κ3) is 4.80. The summed E-state index contributed by atoms with van der Waals surface area (Å²) in [5, 5.41) is 2.81. The van der Waals surface area contributed by atoms with Gasteiger partial charge in [-0.2, -0.15) is 0 Å². The summed E-state index contributed by atoms with van der Waals surface area (Å²) in [7, 11) is 0. The topological polar surface area (TPSA) is 45.2 Å². The number of para-hydroxylation sites is 1. The first-order valence-electron chi connectivity index (χ1n) is 8.17. The van der Waals surface area contributed by atoms with Gasteiger partial charge in [0.15, 0.2) is 0 Å². The highest BCUT2D eigenvalue weighted by atomic mass is 35.5. The zero-order valence-electron chi connectivity index (χ0n) is 14.2. The van der Waals surface area contributed by atoms with Gasteiger partial charge >= 0.3 is 6.03 Å². The number of hydrogen-bond acceptors (Lipinski definition) is 2. The number of nitrogens with one attached hydrogen (secondary N) is 1. The van der Waals surface area contributed by atoms with Gasteiger partial charge in [0.25, 0.3) is 0 Å². The number of carbonyl (C=O) groups is 1. The van der Waals surface area contributed by atoms with Gasteiger partial charge in [-0.25, -0.2) is 13.6 Å². The molecule has 0 radical (unpaired) electrons. The average molecular weight is 388 g/mol. The summed E-state index contributed by atoms with van der Waals surface area (Å²) in [5.41, 5.74) is 0.999. The van der Waals surface area contributed by atoms with Gasteiger partial charge in [-0.05, 0) is 35.4 Å². The lowest BCUT2D eigenvalue weighted by Gasteiger charge is -2.24. The fourth-order valence-corrected chi connectivity index (χ4v) is 2.74. The number of nitrogens with zero attached hydrogens (tertiary/aromatic N) is 2. The summed E-state index contributed by atoms with van der Waals surface area (Å²) in [5.74, 6) is -1.69. The van der Waals surface area contributed by atoms with Gasteiger partial charge in [0.1, 0.15) is 17.3 Å². The highest BCUT2D eigenvalue weighted by molar-refractivity contribution is 6.31. The molecule has 2 amide bonds. The lowest BCUT2D eigenvalue weighted by molar-refractivity contribution is 0.206. The quantitative estimate of drug-likeness (QED) is 0.650. The zero-order valence-corrected chi connectivity index (χ0v) is 15.0. The number of hydrogen-bond donors (Lipinski definition) is 1. The van der Waals surface area contributed by atoms with Crippen molar-refractivity contribution in [3.05, 3.63) is 94.8 Å². The Balaban J connectivity index is 1.86. The molecule has 0 unspecified atom stereocenters. The van der Waals surface area contributed by atoms with E-state index in [2.05, 4.69) is 10.3 Å². The van der Waals surface area contributed by atoms with Crippen LogP contribution in [0.15, 0.2) is 67.0 Å². The van der Waals surface area contributed by atoms with E-state index in [1.165, 1.54) is 11.0 Å². The highest BCUT2D eigenvalue weighted by Gasteiger charge is 2.19. The first kappa shape index (κ1) is 18.8. The van der Waals surface area contributed by atoms with Crippen LogP contribution in [0.1, 0.15) is 11.1 Å². The molecule has 0 saturated carbocycles. The maximum Gasteiger partial charge on any atom is 0.322 e. The third-order valence-corrected chi connectivity index (χ3v) is 4.27. The average Bonchev–Trinajstić information content (AvgIpc) is 2.66. The van der Waals surface area contributed by atoms with E-state index in [4.69, 9.17) is 11.6 Å². The number of aromatic nitrogens is 1. The molecular weight excluding hydrogens is 372 g/mol. The van der Waals surface area contributed by atoms with Crippen LogP contribution in [0.5, 0.6) is 0 Å². The monoisotopic (exact) mass is 387 g/mol. The van der Waals surface area contributed by atoms with E-state index in [1.54, 1.807) is 42.7 Å². The standard InChI is InChI=1S/C20H16ClF2N3O/c21-16-7-2-1-6-15(16)13-26(12-14-5-4-10-24-11-14)20(27)25-19-17(22)8-3-9-18(19)23/h1-11H,12-13H2,(H,25,27). The molecular formula is C20H16ClF2N3O. The summed E-state index contributed by atoms with van der Waals surface area (Å²) in [4.78, 5) is 18.2. The van der Waals surface area contributed by atoms with E-state index in [9.17, 15) is 13.6 Å². The van der Waals surface area contributed by atoms with Crippen LogP contribution in [0.3, 0.4) is 0 Å². The Morgan fingerprint density at radius 3 is 2.41 bits per heavy atom. The molecule has 0 atom stereocenters. The fourth-order valence-electron chi connectivity index (χ4n) is 2.55. The number of carbonyl (C=O) groups excluding carboxylic acids is 1. The number of urea groups is 1. The molecule has 0 aliphatic carbocycles. The molecule has 0 saturated heterocycles. The van der Waals surface area contributed by atoms with E-state index in [1.807, 2.05) is 6.07 Å². The van der Waals surface area contributed by atoms with Crippen LogP contribution >= 0.6 is 11.6 Å². The SMILES string of the molecule is O=C(Nc1c(F)cccc1F)N(Cc1cccnc1)Cc1ccccc1Cl. The van der Waals surface area contributed by atoms with Crippen molar-refractivity contribution >= 4 is 23.3 Å². The Morgan fingerprint density at radius 2 is 1.74 bits per heavy atom. The van der Waals surface area contributed by atoms with Crippen LogP contribution in [0.25, 0.3) is 0 Å². The van der Waals surface area contributed by atoms with Gasteiger partial charge in [0, 0.05) is 30.5 Å². The van der Waals surface area contributed by atoms with Gasteiger partial charge in [-0.15, -0.1) is 0 Å². The largest absolute Gasteiger partial charge is 0.322 e. The van der Waals surface area contributed by atoms with Crippen LogP contribution in [-0.4, -0.2) is 15.9 Å². The smallest absolute Gasteiger partial charge is 0.316 e. The normalized spacial score (nSPS) is 10.5. The van der Waals surface area contributed by atoms with Crippen molar-refractivity contribution in [3.8, 4) is 0 Å². The van der Waals surface area contributed by atoms with Gasteiger partial charge in [0.05, 0.1) is 0 Å². The van der Waals surface area contributed by atoms with Gasteiger partial charge in [0.2, 0.25) is 0 Å². The van der Waals surface area contributed by atoms with Crippen molar-refractivity contribution in [1.82, 2.24) is 9.88 Å². The molecule has 4 nitrogen and oxygen atoms in total. The molecule has 7 heteroatoms. The molecule has 138 valence electrons. The van der Waals surface area contributed by atoms with Gasteiger partial charge in [-0.1, -0.05) is 41.9 Å². The molecule has 0 bridgehead atoms. The second kappa shape index (κ2) is 8.60. The summed E-state index contributed by atoms with van der Waals surface area (Å²) in [6.07, 6.45) is 3.24. The lowest BCUT2D eigenvalue weighted by Crippen LogP contribution is -2.34.